The molecule has 1 aliphatic heterocycles. The summed E-state index contributed by atoms with van der Waals surface area (Å²) in [6.45, 7) is 4.81. The third-order valence-electron chi connectivity index (χ3n) is 4.59. The van der Waals surface area contributed by atoms with Crippen molar-refractivity contribution < 1.29 is 13.2 Å². The molecule has 130 valence electrons. The first-order valence-electron chi connectivity index (χ1n) is 8.19. The quantitative estimate of drug-likeness (QED) is 0.825. The summed E-state index contributed by atoms with van der Waals surface area (Å²) in [5, 5.41) is 3.61. The number of piperidine rings is 1. The number of methoxy groups -OCH3 is 1. The van der Waals surface area contributed by atoms with Crippen molar-refractivity contribution >= 4 is 10.0 Å². The number of sulfonamides is 1. The number of nitrogens with one attached hydrogen (secondary N) is 1. The van der Waals surface area contributed by atoms with Crippen LogP contribution in [0, 0.1) is 5.92 Å². The minimum atomic E-state index is -3.08. The van der Waals surface area contributed by atoms with E-state index in [1.54, 1.807) is 11.4 Å². The zero-order valence-electron chi connectivity index (χ0n) is 14.3. The fourth-order valence-corrected chi connectivity index (χ4v) is 4.05. The van der Waals surface area contributed by atoms with Crippen molar-refractivity contribution in [3.05, 3.63) is 35.4 Å². The Morgan fingerprint density at radius 3 is 2.48 bits per heavy atom. The molecule has 0 radical (unpaired) electrons. The van der Waals surface area contributed by atoms with Gasteiger partial charge in [0.2, 0.25) is 10.0 Å². The van der Waals surface area contributed by atoms with Gasteiger partial charge < -0.3 is 10.1 Å². The lowest BCUT2D eigenvalue weighted by Crippen LogP contribution is -2.50. The third-order valence-corrected chi connectivity index (χ3v) is 5.86. The number of hydrogen-bond donors (Lipinski definition) is 1. The molecule has 1 heterocycles. The number of benzene rings is 1. The molecular formula is C17H28N2O3S. The average Bonchev–Trinajstić information content (AvgIpc) is 2.53. The highest BCUT2D eigenvalue weighted by molar-refractivity contribution is 7.88. The largest absolute Gasteiger partial charge is 0.380 e. The van der Waals surface area contributed by atoms with E-state index < -0.39 is 10.0 Å². The Morgan fingerprint density at radius 2 is 1.91 bits per heavy atom. The number of rotatable bonds is 7. The smallest absolute Gasteiger partial charge is 0.211 e. The van der Waals surface area contributed by atoms with Gasteiger partial charge >= 0.3 is 0 Å². The molecule has 1 fully saturated rings. The molecule has 1 aromatic carbocycles. The summed E-state index contributed by atoms with van der Waals surface area (Å²) in [7, 11) is -1.38. The maximum absolute atomic E-state index is 11.7. The zero-order chi connectivity index (χ0) is 16.9. The summed E-state index contributed by atoms with van der Waals surface area (Å²) in [6, 6.07) is 8.78. The highest BCUT2D eigenvalue weighted by atomic mass is 32.2. The summed E-state index contributed by atoms with van der Waals surface area (Å²) in [5.74, 6) is 0.367. The summed E-state index contributed by atoms with van der Waals surface area (Å²) >= 11 is 0. The van der Waals surface area contributed by atoms with Crippen molar-refractivity contribution in [3.8, 4) is 0 Å². The molecular weight excluding hydrogens is 312 g/mol. The molecule has 0 aliphatic carbocycles. The Balaban J connectivity index is 1.90. The van der Waals surface area contributed by atoms with Gasteiger partial charge in [0.1, 0.15) is 0 Å². The first-order valence-corrected chi connectivity index (χ1v) is 10.0. The van der Waals surface area contributed by atoms with Crippen LogP contribution < -0.4 is 5.32 Å². The summed E-state index contributed by atoms with van der Waals surface area (Å²) in [5.41, 5.74) is 2.41. The van der Waals surface area contributed by atoms with Crippen molar-refractivity contribution in [1.29, 1.82) is 0 Å². The van der Waals surface area contributed by atoms with Gasteiger partial charge in [0, 0.05) is 32.8 Å². The number of ether oxygens (including phenoxy) is 1. The van der Waals surface area contributed by atoms with E-state index >= 15 is 0 Å². The van der Waals surface area contributed by atoms with E-state index in [1.165, 1.54) is 17.4 Å². The van der Waals surface area contributed by atoms with Gasteiger partial charge in [-0.2, -0.15) is 0 Å². The molecule has 0 unspecified atom stereocenters. The molecule has 0 saturated carbocycles. The lowest BCUT2D eigenvalue weighted by molar-refractivity contribution is 0.185. The van der Waals surface area contributed by atoms with Crippen LogP contribution in [0.5, 0.6) is 0 Å². The normalized spacial score (nSPS) is 23.1. The summed E-state index contributed by atoms with van der Waals surface area (Å²) in [4.78, 5) is 0. The van der Waals surface area contributed by atoms with Gasteiger partial charge in [-0.1, -0.05) is 37.6 Å². The third kappa shape index (κ3) is 5.28. The van der Waals surface area contributed by atoms with Gasteiger partial charge in [0.15, 0.2) is 0 Å². The van der Waals surface area contributed by atoms with Crippen molar-refractivity contribution in [2.24, 2.45) is 5.92 Å². The summed E-state index contributed by atoms with van der Waals surface area (Å²) in [6.07, 6.45) is 3.15. The van der Waals surface area contributed by atoms with Gasteiger partial charge in [-0.25, -0.2) is 12.7 Å². The van der Waals surface area contributed by atoms with Crippen LogP contribution >= 0.6 is 0 Å². The van der Waals surface area contributed by atoms with Crippen molar-refractivity contribution in [2.45, 2.75) is 39.0 Å². The fourth-order valence-electron chi connectivity index (χ4n) is 3.15. The molecule has 1 aliphatic rings. The monoisotopic (exact) mass is 340 g/mol. The molecule has 6 heteroatoms. The fraction of sp³-hybridized carbons (Fsp3) is 0.647. The van der Waals surface area contributed by atoms with Crippen LogP contribution in [-0.2, 0) is 27.9 Å². The average molecular weight is 340 g/mol. The molecule has 2 atom stereocenters. The highest BCUT2D eigenvalue weighted by Gasteiger charge is 2.31. The van der Waals surface area contributed by atoms with Crippen molar-refractivity contribution in [3.63, 3.8) is 0 Å². The molecule has 0 amide bonds. The second-order valence-corrected chi connectivity index (χ2v) is 8.30. The molecule has 1 aromatic rings. The first kappa shape index (κ1) is 18.4. The topological polar surface area (TPSA) is 58.6 Å². The van der Waals surface area contributed by atoms with E-state index in [1.807, 2.05) is 0 Å². The Morgan fingerprint density at radius 1 is 1.26 bits per heavy atom. The van der Waals surface area contributed by atoms with E-state index in [-0.39, 0.29) is 0 Å². The minimum Gasteiger partial charge on any atom is -0.380 e. The molecule has 2 rings (SSSR count). The molecule has 0 aromatic heterocycles. The van der Waals surface area contributed by atoms with Crippen LogP contribution in [0.25, 0.3) is 0 Å². The van der Waals surface area contributed by atoms with Crippen LogP contribution in [0.4, 0.5) is 0 Å². The standard InChI is InChI=1S/C17H28N2O3S/c1-4-16-12-19(23(3,20)21)10-9-17(16)18-11-14-5-7-15(8-6-14)13-22-2/h5-8,16-18H,4,9-13H2,1-3H3/t16-,17-/m1/s1. The predicted molar refractivity (Wildman–Crippen MR) is 92.6 cm³/mol. The van der Waals surface area contributed by atoms with E-state index in [9.17, 15) is 8.42 Å². The van der Waals surface area contributed by atoms with Crippen LogP contribution in [0.2, 0.25) is 0 Å². The van der Waals surface area contributed by atoms with Crippen molar-refractivity contribution in [2.75, 3.05) is 26.5 Å². The molecule has 1 N–H and O–H groups in total. The Hall–Kier alpha value is -0.950. The Bertz CT molecular complexity index is 586. The summed E-state index contributed by atoms with van der Waals surface area (Å²) < 4.78 is 30.2. The van der Waals surface area contributed by atoms with Gasteiger partial charge in [-0.3, -0.25) is 0 Å². The minimum absolute atomic E-state index is 0.367. The van der Waals surface area contributed by atoms with Crippen molar-refractivity contribution in [1.82, 2.24) is 9.62 Å². The lowest BCUT2D eigenvalue weighted by Gasteiger charge is -2.37. The number of hydrogen-bond acceptors (Lipinski definition) is 4. The molecule has 0 spiro atoms. The van der Waals surface area contributed by atoms with E-state index in [2.05, 4.69) is 36.5 Å². The lowest BCUT2D eigenvalue weighted by atomic mass is 9.91. The second-order valence-electron chi connectivity index (χ2n) is 6.31. The molecule has 1 saturated heterocycles. The van der Waals surface area contributed by atoms with Crippen LogP contribution in [0.15, 0.2) is 24.3 Å². The Kier molecular flexibility index (Phi) is 6.59. The van der Waals surface area contributed by atoms with Gasteiger partial charge in [-0.15, -0.1) is 0 Å². The highest BCUT2D eigenvalue weighted by Crippen LogP contribution is 2.22. The van der Waals surface area contributed by atoms with Gasteiger partial charge in [0.05, 0.1) is 12.9 Å². The first-order chi connectivity index (χ1) is 10.9. The van der Waals surface area contributed by atoms with Gasteiger partial charge in [-0.05, 0) is 23.5 Å². The zero-order valence-corrected chi connectivity index (χ0v) is 15.1. The maximum Gasteiger partial charge on any atom is 0.211 e. The van der Waals surface area contributed by atoms with Crippen LogP contribution in [0.1, 0.15) is 30.9 Å². The van der Waals surface area contributed by atoms with E-state index in [0.29, 0.717) is 31.7 Å². The van der Waals surface area contributed by atoms with Crippen LogP contribution in [-0.4, -0.2) is 45.2 Å². The SMILES string of the molecule is CC[C@@H]1CN(S(C)(=O)=O)CC[C@H]1NCc1ccc(COC)cc1. The second kappa shape index (κ2) is 8.24. The molecule has 23 heavy (non-hydrogen) atoms. The van der Waals surface area contributed by atoms with Crippen LogP contribution in [0.3, 0.4) is 0 Å². The van der Waals surface area contributed by atoms with E-state index in [0.717, 1.165) is 19.4 Å². The molecule has 5 nitrogen and oxygen atoms in total. The van der Waals surface area contributed by atoms with E-state index in [4.69, 9.17) is 4.74 Å². The van der Waals surface area contributed by atoms with Gasteiger partial charge in [0.25, 0.3) is 0 Å². The number of nitrogens with zero attached hydrogens (tertiary/aromatic N) is 1. The predicted octanol–water partition coefficient (Wildman–Crippen LogP) is 1.98. The Labute approximate surface area is 140 Å². The molecule has 0 bridgehead atoms. The maximum atomic E-state index is 11.7.